The van der Waals surface area contributed by atoms with Crippen molar-refractivity contribution in [1.82, 2.24) is 15.7 Å². The van der Waals surface area contributed by atoms with Crippen LogP contribution >= 0.6 is 0 Å². The van der Waals surface area contributed by atoms with Gasteiger partial charge in [-0.25, -0.2) is 4.79 Å². The predicted octanol–water partition coefficient (Wildman–Crippen LogP) is 1.79. The Hall–Kier alpha value is -4.80. The Balaban J connectivity index is 1.50. The number of rotatable bonds is 12. The summed E-state index contributed by atoms with van der Waals surface area (Å²) in [5.74, 6) is -3.76. The second-order valence-electron chi connectivity index (χ2n) is 8.77. The number of imide groups is 1. The molecule has 0 unspecified atom stereocenters. The quantitative estimate of drug-likeness (QED) is 0.395. The second-order valence-corrected chi connectivity index (χ2v) is 8.77. The maximum Gasteiger partial charge on any atom is 0.352 e. The number of hydrogen-bond acceptors (Lipinski definition) is 7. The van der Waals surface area contributed by atoms with Crippen LogP contribution in [-0.2, 0) is 40.1 Å². The molecule has 0 saturated carbocycles. The van der Waals surface area contributed by atoms with E-state index in [2.05, 4.69) is 22.1 Å². The normalized spacial score (nSPS) is 12.6. The van der Waals surface area contributed by atoms with Gasteiger partial charge in [-0.3, -0.25) is 24.0 Å². The highest BCUT2D eigenvalue weighted by molar-refractivity contribution is 6.02. The minimum atomic E-state index is -1.00. The average molecular weight is 535 g/mol. The van der Waals surface area contributed by atoms with Crippen LogP contribution in [0.4, 0.5) is 5.69 Å². The van der Waals surface area contributed by atoms with Gasteiger partial charge in [-0.2, -0.15) is 0 Å². The summed E-state index contributed by atoms with van der Waals surface area (Å²) < 4.78 is 0. The summed E-state index contributed by atoms with van der Waals surface area (Å²) in [6, 6.07) is 15.0. The molecule has 2 aromatic rings. The average Bonchev–Trinajstić information content (AvgIpc) is 3.25. The molecular weight excluding hydrogens is 504 g/mol. The first-order chi connectivity index (χ1) is 18.7. The van der Waals surface area contributed by atoms with Gasteiger partial charge in [0.2, 0.25) is 17.7 Å². The van der Waals surface area contributed by atoms with Gasteiger partial charge in [0.1, 0.15) is 6.54 Å². The van der Waals surface area contributed by atoms with E-state index in [1.54, 1.807) is 11.0 Å². The molecule has 1 heterocycles. The molecule has 0 bridgehead atoms. The highest BCUT2D eigenvalue weighted by Gasteiger charge is 2.32. The van der Waals surface area contributed by atoms with Crippen LogP contribution in [0, 0.1) is 6.92 Å². The fourth-order valence-electron chi connectivity index (χ4n) is 3.82. The van der Waals surface area contributed by atoms with E-state index in [1.807, 2.05) is 55.5 Å². The number of para-hydroxylation sites is 1. The summed E-state index contributed by atoms with van der Waals surface area (Å²) in [4.78, 5) is 78.6. The standard InChI is InChI=1S/C28H30N4O7/c1-3-20-9-6-7-11-22(20)31(18-21-10-5-4-8-19(21)2)25(35)13-12-23(33)29-16-24(34)30-17-28(38)39-32-26(36)14-15-27(32)37/h3-11H,1,12-18H2,2H3,(H,29,33)(H,30,34). The van der Waals surface area contributed by atoms with Crippen molar-refractivity contribution in [3.8, 4) is 0 Å². The summed E-state index contributed by atoms with van der Waals surface area (Å²) in [6.07, 6.45) is 1.31. The molecule has 11 heteroatoms. The van der Waals surface area contributed by atoms with E-state index >= 15 is 0 Å². The van der Waals surface area contributed by atoms with Crippen molar-refractivity contribution < 1.29 is 33.6 Å². The van der Waals surface area contributed by atoms with Crippen LogP contribution in [0.1, 0.15) is 42.4 Å². The van der Waals surface area contributed by atoms with E-state index in [1.165, 1.54) is 0 Å². The zero-order valence-corrected chi connectivity index (χ0v) is 21.6. The fourth-order valence-corrected chi connectivity index (χ4v) is 3.82. The summed E-state index contributed by atoms with van der Waals surface area (Å²) in [6.45, 7) is 5.07. The van der Waals surface area contributed by atoms with E-state index < -0.39 is 42.7 Å². The highest BCUT2D eigenvalue weighted by atomic mass is 16.7. The monoisotopic (exact) mass is 534 g/mol. The summed E-state index contributed by atoms with van der Waals surface area (Å²) >= 11 is 0. The van der Waals surface area contributed by atoms with Gasteiger partial charge in [0, 0.05) is 25.7 Å². The number of nitrogens with one attached hydrogen (secondary N) is 2. The number of hydrogen-bond donors (Lipinski definition) is 2. The molecule has 0 spiro atoms. The van der Waals surface area contributed by atoms with Crippen molar-refractivity contribution in [2.24, 2.45) is 0 Å². The molecule has 1 aliphatic rings. The zero-order chi connectivity index (χ0) is 28.4. The van der Waals surface area contributed by atoms with Gasteiger partial charge in [-0.1, -0.05) is 55.1 Å². The molecule has 2 N–H and O–H groups in total. The van der Waals surface area contributed by atoms with Crippen molar-refractivity contribution in [3.63, 3.8) is 0 Å². The molecular formula is C28H30N4O7. The van der Waals surface area contributed by atoms with Gasteiger partial charge >= 0.3 is 5.97 Å². The maximum atomic E-state index is 13.3. The first-order valence-electron chi connectivity index (χ1n) is 12.4. The number of carbonyl (C=O) groups is 6. The number of carbonyl (C=O) groups excluding carboxylic acids is 6. The van der Waals surface area contributed by atoms with Crippen LogP contribution < -0.4 is 15.5 Å². The Labute approximate surface area is 225 Å². The minimum Gasteiger partial charge on any atom is -0.347 e. The maximum absolute atomic E-state index is 13.3. The lowest BCUT2D eigenvalue weighted by molar-refractivity contribution is -0.196. The first-order valence-corrected chi connectivity index (χ1v) is 12.4. The van der Waals surface area contributed by atoms with Gasteiger partial charge in [0.05, 0.1) is 18.8 Å². The summed E-state index contributed by atoms with van der Waals surface area (Å²) in [7, 11) is 0. The number of anilines is 1. The highest BCUT2D eigenvalue weighted by Crippen LogP contribution is 2.25. The smallest absolute Gasteiger partial charge is 0.347 e. The summed E-state index contributed by atoms with van der Waals surface area (Å²) in [5, 5.41) is 5.01. The second kappa shape index (κ2) is 13.7. The molecule has 1 fully saturated rings. The van der Waals surface area contributed by atoms with E-state index in [-0.39, 0.29) is 31.6 Å². The van der Waals surface area contributed by atoms with Crippen molar-refractivity contribution in [1.29, 1.82) is 0 Å². The Morgan fingerprint density at radius 3 is 2.26 bits per heavy atom. The molecule has 5 amide bonds. The Morgan fingerprint density at radius 1 is 0.923 bits per heavy atom. The topological polar surface area (TPSA) is 142 Å². The lowest BCUT2D eigenvalue weighted by Gasteiger charge is -2.25. The van der Waals surface area contributed by atoms with Gasteiger partial charge in [0.15, 0.2) is 0 Å². The number of nitrogens with zero attached hydrogens (tertiary/aromatic N) is 2. The van der Waals surface area contributed by atoms with Gasteiger partial charge in [-0.05, 0) is 29.7 Å². The Morgan fingerprint density at radius 2 is 1.56 bits per heavy atom. The lowest BCUT2D eigenvalue weighted by atomic mass is 10.1. The predicted molar refractivity (Wildman–Crippen MR) is 141 cm³/mol. The van der Waals surface area contributed by atoms with Gasteiger partial charge < -0.3 is 20.4 Å². The Bertz CT molecular complexity index is 1270. The first kappa shape index (κ1) is 28.8. The van der Waals surface area contributed by atoms with Crippen LogP contribution in [0.2, 0.25) is 0 Å². The van der Waals surface area contributed by atoms with Crippen molar-refractivity contribution in [3.05, 3.63) is 71.8 Å². The molecule has 1 aliphatic heterocycles. The molecule has 11 nitrogen and oxygen atoms in total. The molecule has 3 rings (SSSR count). The number of amides is 5. The zero-order valence-electron chi connectivity index (χ0n) is 21.6. The van der Waals surface area contributed by atoms with Crippen LogP contribution in [0.3, 0.4) is 0 Å². The molecule has 204 valence electrons. The number of hydroxylamine groups is 2. The van der Waals surface area contributed by atoms with E-state index in [4.69, 9.17) is 0 Å². The molecule has 1 saturated heterocycles. The minimum absolute atomic E-state index is 0.0442. The largest absolute Gasteiger partial charge is 0.352 e. The van der Waals surface area contributed by atoms with Gasteiger partial charge in [0.25, 0.3) is 11.8 Å². The molecule has 0 atom stereocenters. The molecule has 0 aromatic heterocycles. The molecule has 2 aromatic carbocycles. The third-order valence-corrected chi connectivity index (χ3v) is 5.98. The number of benzene rings is 2. The van der Waals surface area contributed by atoms with Gasteiger partial charge in [-0.15, -0.1) is 5.06 Å². The van der Waals surface area contributed by atoms with Crippen LogP contribution in [-0.4, -0.2) is 53.7 Å². The summed E-state index contributed by atoms with van der Waals surface area (Å²) in [5.41, 5.74) is 3.43. The third kappa shape index (κ3) is 8.09. The van der Waals surface area contributed by atoms with Crippen LogP contribution in [0.5, 0.6) is 0 Å². The molecule has 0 aliphatic carbocycles. The van der Waals surface area contributed by atoms with E-state index in [9.17, 15) is 28.8 Å². The van der Waals surface area contributed by atoms with Crippen LogP contribution in [0.15, 0.2) is 55.1 Å². The van der Waals surface area contributed by atoms with E-state index in [0.29, 0.717) is 17.3 Å². The molecule has 0 radical (unpaired) electrons. The Kier molecular flexibility index (Phi) is 10.1. The van der Waals surface area contributed by atoms with E-state index in [0.717, 1.165) is 16.7 Å². The van der Waals surface area contributed by atoms with Crippen molar-refractivity contribution >= 4 is 47.3 Å². The lowest BCUT2D eigenvalue weighted by Crippen LogP contribution is -2.41. The van der Waals surface area contributed by atoms with Crippen molar-refractivity contribution in [2.45, 2.75) is 39.2 Å². The van der Waals surface area contributed by atoms with Crippen LogP contribution in [0.25, 0.3) is 6.08 Å². The fraction of sp³-hybridized carbons (Fsp3) is 0.286. The molecule has 39 heavy (non-hydrogen) atoms. The van der Waals surface area contributed by atoms with Crippen molar-refractivity contribution in [2.75, 3.05) is 18.0 Å². The SMILES string of the molecule is C=Cc1ccccc1N(Cc1ccccc1C)C(=O)CCC(=O)NCC(=O)NCC(=O)ON1C(=O)CCC1=O. The number of aryl methyl sites for hydroxylation is 1. The third-order valence-electron chi connectivity index (χ3n) is 5.98.